The molecule has 0 saturated carbocycles. The third kappa shape index (κ3) is 3.55. The summed E-state index contributed by atoms with van der Waals surface area (Å²) in [5, 5.41) is 2.80. The molecule has 0 amide bonds. The second-order valence-electron chi connectivity index (χ2n) is 3.36. The molecule has 1 unspecified atom stereocenters. The van der Waals surface area contributed by atoms with E-state index in [2.05, 4.69) is 11.9 Å². The Morgan fingerprint density at radius 2 is 2.50 bits per heavy atom. The van der Waals surface area contributed by atoms with Gasteiger partial charge in [0.15, 0.2) is 0 Å². The number of nitrogens with two attached hydrogens (primary N) is 1. The Labute approximate surface area is 88.3 Å². The number of thiazole rings is 1. The molecular weight excluding hydrogens is 196 g/mol. The van der Waals surface area contributed by atoms with Gasteiger partial charge in [0.25, 0.3) is 0 Å². The smallest absolute Gasteiger partial charge is 0.140 e. The van der Waals surface area contributed by atoms with E-state index in [0.717, 1.165) is 11.4 Å². The average Bonchev–Trinajstić information content (AvgIpc) is 2.66. The summed E-state index contributed by atoms with van der Waals surface area (Å²) >= 11 is 1.53. The van der Waals surface area contributed by atoms with Crippen molar-refractivity contribution in [2.75, 3.05) is 6.54 Å². The lowest BCUT2D eigenvalue weighted by molar-refractivity contribution is -0.119. The van der Waals surface area contributed by atoms with Gasteiger partial charge in [-0.3, -0.25) is 4.79 Å². The van der Waals surface area contributed by atoms with Crippen molar-refractivity contribution >= 4 is 17.1 Å². The minimum Gasteiger partial charge on any atom is -0.330 e. The van der Waals surface area contributed by atoms with Crippen molar-refractivity contribution in [2.45, 2.75) is 26.2 Å². The zero-order valence-electron chi connectivity index (χ0n) is 8.40. The third-order valence-electron chi connectivity index (χ3n) is 2.26. The maximum absolute atomic E-state index is 11.5. The van der Waals surface area contributed by atoms with Crippen LogP contribution in [0.15, 0.2) is 11.6 Å². The van der Waals surface area contributed by atoms with Gasteiger partial charge in [-0.15, -0.1) is 11.3 Å². The number of rotatable bonds is 6. The van der Waals surface area contributed by atoms with E-state index < -0.39 is 0 Å². The fourth-order valence-corrected chi connectivity index (χ4v) is 1.94. The van der Waals surface area contributed by atoms with Crippen LogP contribution in [0, 0.1) is 5.92 Å². The first-order chi connectivity index (χ1) is 6.76. The lowest BCUT2D eigenvalue weighted by atomic mass is 9.99. The van der Waals surface area contributed by atoms with E-state index >= 15 is 0 Å². The van der Waals surface area contributed by atoms with Crippen molar-refractivity contribution in [3.05, 3.63) is 16.6 Å². The lowest BCUT2D eigenvalue weighted by Gasteiger charge is -2.09. The van der Waals surface area contributed by atoms with Gasteiger partial charge in [0.2, 0.25) is 0 Å². The van der Waals surface area contributed by atoms with Gasteiger partial charge in [-0.05, 0) is 12.5 Å². The minimum absolute atomic E-state index is 0.247. The minimum atomic E-state index is 0.247. The van der Waals surface area contributed by atoms with E-state index in [1.54, 1.807) is 6.20 Å². The Morgan fingerprint density at radius 1 is 1.71 bits per heavy atom. The molecular formula is C10H16N2OS. The van der Waals surface area contributed by atoms with Gasteiger partial charge in [0, 0.05) is 18.0 Å². The molecule has 1 rings (SSSR count). The molecule has 0 aliphatic carbocycles. The molecule has 0 aliphatic heterocycles. The van der Waals surface area contributed by atoms with E-state index in [9.17, 15) is 4.79 Å². The molecule has 1 heterocycles. The summed E-state index contributed by atoms with van der Waals surface area (Å²) in [7, 11) is 0. The molecule has 0 spiro atoms. The number of ketones is 1. The highest BCUT2D eigenvalue weighted by Crippen LogP contribution is 2.11. The monoisotopic (exact) mass is 212 g/mol. The van der Waals surface area contributed by atoms with Gasteiger partial charge in [0.05, 0.1) is 11.4 Å². The number of hydrogen-bond acceptors (Lipinski definition) is 4. The Bertz CT molecular complexity index is 268. The van der Waals surface area contributed by atoms with Crippen molar-refractivity contribution in [1.82, 2.24) is 4.98 Å². The molecule has 0 fully saturated rings. The van der Waals surface area contributed by atoms with Crippen LogP contribution in [-0.4, -0.2) is 17.3 Å². The number of Topliss-reactive ketones (excluding diaryl/α,β-unsaturated/α-hetero) is 1. The lowest BCUT2D eigenvalue weighted by Crippen LogP contribution is -2.18. The molecule has 1 aromatic heterocycles. The Balaban J connectivity index is 2.35. The van der Waals surface area contributed by atoms with Crippen LogP contribution in [0.3, 0.4) is 0 Å². The molecule has 3 nitrogen and oxygen atoms in total. The van der Waals surface area contributed by atoms with Crippen molar-refractivity contribution in [1.29, 1.82) is 0 Å². The summed E-state index contributed by atoms with van der Waals surface area (Å²) in [5.41, 5.74) is 5.54. The first kappa shape index (κ1) is 11.3. The maximum atomic E-state index is 11.5. The predicted octanol–water partition coefficient (Wildman–Crippen LogP) is 1.63. The highest BCUT2D eigenvalue weighted by molar-refractivity contribution is 7.09. The van der Waals surface area contributed by atoms with Crippen LogP contribution in [0.1, 0.15) is 24.8 Å². The molecule has 4 heteroatoms. The molecule has 1 aromatic rings. The van der Waals surface area contributed by atoms with Crippen LogP contribution < -0.4 is 5.73 Å². The molecule has 0 bridgehead atoms. The topological polar surface area (TPSA) is 56.0 Å². The molecule has 0 aromatic carbocycles. The van der Waals surface area contributed by atoms with E-state index in [1.807, 2.05) is 5.38 Å². The number of nitrogens with zero attached hydrogens (tertiary/aromatic N) is 1. The van der Waals surface area contributed by atoms with E-state index in [-0.39, 0.29) is 5.78 Å². The van der Waals surface area contributed by atoms with E-state index in [4.69, 9.17) is 5.73 Å². The van der Waals surface area contributed by atoms with Crippen LogP contribution in [0.25, 0.3) is 0 Å². The fraction of sp³-hybridized carbons (Fsp3) is 0.600. The van der Waals surface area contributed by atoms with Crippen LogP contribution in [0.4, 0.5) is 0 Å². The van der Waals surface area contributed by atoms with E-state index in [0.29, 0.717) is 25.3 Å². The Hall–Kier alpha value is -0.740. The Kier molecular flexibility index (Phi) is 4.76. The molecule has 2 N–H and O–H groups in total. The third-order valence-corrected chi connectivity index (χ3v) is 3.04. The van der Waals surface area contributed by atoms with Crippen molar-refractivity contribution in [3.63, 3.8) is 0 Å². The molecule has 1 atom stereocenters. The van der Waals surface area contributed by atoms with Crippen LogP contribution in [0.2, 0.25) is 0 Å². The zero-order chi connectivity index (χ0) is 10.4. The summed E-state index contributed by atoms with van der Waals surface area (Å²) in [4.78, 5) is 15.6. The van der Waals surface area contributed by atoms with Gasteiger partial charge in [-0.25, -0.2) is 4.98 Å². The van der Waals surface area contributed by atoms with Crippen molar-refractivity contribution in [2.24, 2.45) is 11.7 Å². The van der Waals surface area contributed by atoms with Gasteiger partial charge >= 0.3 is 0 Å². The maximum Gasteiger partial charge on any atom is 0.140 e. The van der Waals surface area contributed by atoms with Crippen LogP contribution in [0.5, 0.6) is 0 Å². The summed E-state index contributed by atoms with van der Waals surface area (Å²) < 4.78 is 0. The molecule has 0 aliphatic rings. The number of aromatic nitrogens is 1. The molecule has 78 valence electrons. The number of hydrogen-bond donors (Lipinski definition) is 1. The first-order valence-electron chi connectivity index (χ1n) is 4.86. The van der Waals surface area contributed by atoms with Crippen LogP contribution >= 0.6 is 11.3 Å². The fourth-order valence-electron chi connectivity index (χ4n) is 1.30. The normalized spacial score (nSPS) is 12.7. The highest BCUT2D eigenvalue weighted by atomic mass is 32.1. The van der Waals surface area contributed by atoms with Gasteiger partial charge in [-0.1, -0.05) is 13.3 Å². The SMILES string of the molecule is CCC(CN)CC(=O)Cc1nccs1. The second kappa shape index (κ2) is 5.88. The van der Waals surface area contributed by atoms with Crippen LogP contribution in [-0.2, 0) is 11.2 Å². The summed E-state index contributed by atoms with van der Waals surface area (Å²) in [6.45, 7) is 2.66. The summed E-state index contributed by atoms with van der Waals surface area (Å²) in [5.74, 6) is 0.583. The Morgan fingerprint density at radius 3 is 3.00 bits per heavy atom. The predicted molar refractivity (Wildman–Crippen MR) is 58.3 cm³/mol. The molecule has 0 radical (unpaired) electrons. The van der Waals surface area contributed by atoms with E-state index in [1.165, 1.54) is 11.3 Å². The standard InChI is InChI=1S/C10H16N2OS/c1-2-8(7-11)5-9(13)6-10-12-3-4-14-10/h3-4,8H,2,5-7,11H2,1H3. The zero-order valence-corrected chi connectivity index (χ0v) is 9.22. The second-order valence-corrected chi connectivity index (χ2v) is 4.33. The van der Waals surface area contributed by atoms with Crippen molar-refractivity contribution in [3.8, 4) is 0 Å². The number of carbonyl (C=O) groups excluding carboxylic acids is 1. The first-order valence-corrected chi connectivity index (χ1v) is 5.74. The summed E-state index contributed by atoms with van der Waals surface area (Å²) in [6.07, 6.45) is 3.76. The number of carbonyl (C=O) groups is 1. The van der Waals surface area contributed by atoms with Gasteiger partial charge in [-0.2, -0.15) is 0 Å². The highest BCUT2D eigenvalue weighted by Gasteiger charge is 2.11. The quantitative estimate of drug-likeness (QED) is 0.779. The summed E-state index contributed by atoms with van der Waals surface area (Å²) in [6, 6.07) is 0. The van der Waals surface area contributed by atoms with Gasteiger partial charge < -0.3 is 5.73 Å². The molecule has 14 heavy (non-hydrogen) atoms. The van der Waals surface area contributed by atoms with Crippen molar-refractivity contribution < 1.29 is 4.79 Å². The average molecular weight is 212 g/mol. The largest absolute Gasteiger partial charge is 0.330 e. The molecule has 0 saturated heterocycles. The van der Waals surface area contributed by atoms with Gasteiger partial charge in [0.1, 0.15) is 5.78 Å².